The van der Waals surface area contributed by atoms with Gasteiger partial charge in [-0.1, -0.05) is 160 Å². The van der Waals surface area contributed by atoms with Crippen LogP contribution in [0.3, 0.4) is 0 Å². The van der Waals surface area contributed by atoms with Gasteiger partial charge in [-0.15, -0.1) is 0 Å². The predicted octanol–water partition coefficient (Wildman–Crippen LogP) is 13.4. The molecule has 0 saturated heterocycles. The number of ether oxygens (including phenoxy) is 3. The zero-order chi connectivity index (χ0) is 50.3. The molecular weight excluding hydrogens is 886 g/mol. The molecule has 1 rings (SSSR count). The molecule has 0 heterocycles. The fourth-order valence-electron chi connectivity index (χ4n) is 7.35. The highest BCUT2D eigenvalue weighted by molar-refractivity contribution is 7.47. The average Bonchev–Trinajstić information content (AvgIpc) is 3.29. The van der Waals surface area contributed by atoms with E-state index in [-0.39, 0.29) is 37.5 Å². The Labute approximate surface area is 410 Å². The number of aryl methyl sites for hydroxylation is 1. The molecule has 1 aromatic rings. The smallest absolute Gasteiger partial charge is 0.472 e. The van der Waals surface area contributed by atoms with E-state index in [2.05, 4.69) is 46.0 Å². The molecule has 388 valence electrons. The number of unbranched alkanes of at least 4 members (excludes halogenated alkanes) is 18. The van der Waals surface area contributed by atoms with Gasteiger partial charge in [-0.05, 0) is 83.4 Å². The van der Waals surface area contributed by atoms with Crippen molar-refractivity contribution in [2.75, 3.05) is 26.4 Å². The van der Waals surface area contributed by atoms with Crippen LogP contribution >= 0.6 is 7.82 Å². The highest BCUT2D eigenvalue weighted by Crippen LogP contribution is 2.43. The molecule has 13 nitrogen and oxygen atoms in total. The minimum absolute atomic E-state index is 0.0333. The monoisotopic (exact) mass is 976 g/mol. The van der Waals surface area contributed by atoms with Crippen molar-refractivity contribution in [1.82, 2.24) is 5.32 Å². The van der Waals surface area contributed by atoms with Gasteiger partial charge in [-0.3, -0.25) is 23.4 Å². The lowest BCUT2D eigenvalue weighted by molar-refractivity contribution is -0.161. The first-order valence-corrected chi connectivity index (χ1v) is 27.5. The zero-order valence-electron chi connectivity index (χ0n) is 42.9. The van der Waals surface area contributed by atoms with Gasteiger partial charge in [0.05, 0.1) is 13.2 Å². The van der Waals surface area contributed by atoms with Crippen LogP contribution in [0.1, 0.15) is 213 Å². The largest absolute Gasteiger partial charge is 0.508 e. The van der Waals surface area contributed by atoms with Crippen molar-refractivity contribution in [3.05, 3.63) is 58.7 Å². The number of aromatic hydroxyl groups is 1. The molecule has 2 unspecified atom stereocenters. The molecule has 0 radical (unpaired) electrons. The molecule has 68 heavy (non-hydrogen) atoms. The van der Waals surface area contributed by atoms with Crippen molar-refractivity contribution in [2.45, 2.75) is 221 Å². The van der Waals surface area contributed by atoms with Crippen molar-refractivity contribution in [3.63, 3.8) is 0 Å². The summed E-state index contributed by atoms with van der Waals surface area (Å²) in [5, 5.41) is 13.4. The molecule has 14 heteroatoms. The van der Waals surface area contributed by atoms with Gasteiger partial charge in [0.2, 0.25) is 5.91 Å². The Balaban J connectivity index is 2.74. The number of benzene rings is 1. The molecule has 0 aliphatic heterocycles. The summed E-state index contributed by atoms with van der Waals surface area (Å²) in [6.07, 6.45) is 30.8. The zero-order valence-corrected chi connectivity index (χ0v) is 43.8. The van der Waals surface area contributed by atoms with Gasteiger partial charge < -0.3 is 29.5 Å². The second-order valence-electron chi connectivity index (χ2n) is 18.2. The summed E-state index contributed by atoms with van der Waals surface area (Å²) >= 11 is 0. The van der Waals surface area contributed by atoms with Gasteiger partial charge in [0.15, 0.2) is 6.10 Å². The van der Waals surface area contributed by atoms with Crippen LogP contribution in [0.2, 0.25) is 0 Å². The molecular formula is C54H90NO12P. The second-order valence-corrected chi connectivity index (χ2v) is 19.7. The molecule has 1 amide bonds. The summed E-state index contributed by atoms with van der Waals surface area (Å²) in [6.45, 7) is 11.1. The van der Waals surface area contributed by atoms with Crippen molar-refractivity contribution >= 4 is 31.6 Å². The topological polar surface area (TPSA) is 184 Å². The number of carbonyl (C=O) groups is 4. The van der Waals surface area contributed by atoms with Crippen LogP contribution in [0.5, 0.6) is 11.5 Å². The third kappa shape index (κ3) is 34.5. The van der Waals surface area contributed by atoms with E-state index in [1.165, 1.54) is 69.8 Å². The number of hydrogen-bond donors (Lipinski definition) is 3. The van der Waals surface area contributed by atoms with Gasteiger partial charge in [-0.2, -0.15) is 0 Å². The summed E-state index contributed by atoms with van der Waals surface area (Å²) < 4.78 is 39.6. The maximum Gasteiger partial charge on any atom is 0.472 e. The third-order valence-corrected chi connectivity index (χ3v) is 12.4. The van der Waals surface area contributed by atoms with Crippen molar-refractivity contribution in [2.24, 2.45) is 0 Å². The van der Waals surface area contributed by atoms with E-state index >= 15 is 0 Å². The van der Waals surface area contributed by atoms with E-state index in [9.17, 15) is 33.7 Å². The van der Waals surface area contributed by atoms with E-state index in [4.69, 9.17) is 23.3 Å². The number of carbonyl (C=O) groups excluding carboxylic acids is 4. The first-order valence-electron chi connectivity index (χ1n) is 26.0. The maximum absolute atomic E-state index is 12.9. The Morgan fingerprint density at radius 2 is 1.24 bits per heavy atom. The van der Waals surface area contributed by atoms with Crippen LogP contribution in [-0.4, -0.2) is 66.3 Å². The fraction of sp³-hybridized carbons (Fsp3) is 0.704. The van der Waals surface area contributed by atoms with Gasteiger partial charge in [0, 0.05) is 37.1 Å². The summed E-state index contributed by atoms with van der Waals surface area (Å²) in [5.41, 5.74) is 3.69. The third-order valence-electron chi connectivity index (χ3n) is 11.4. The van der Waals surface area contributed by atoms with Crippen LogP contribution in [0.15, 0.2) is 47.6 Å². The lowest BCUT2D eigenvalue weighted by Crippen LogP contribution is -2.30. The van der Waals surface area contributed by atoms with Crippen molar-refractivity contribution in [3.8, 4) is 11.5 Å². The van der Waals surface area contributed by atoms with Gasteiger partial charge >= 0.3 is 25.7 Å². The number of nitrogens with one attached hydrogen (secondary N) is 1. The summed E-state index contributed by atoms with van der Waals surface area (Å²) in [5.74, 6) is -2.23. The van der Waals surface area contributed by atoms with Gasteiger partial charge in [0.25, 0.3) is 0 Å². The van der Waals surface area contributed by atoms with E-state index in [1.54, 1.807) is 12.1 Å². The fourth-order valence-corrected chi connectivity index (χ4v) is 8.10. The number of phosphoric acid groups is 1. The number of esters is 3. The normalized spacial score (nSPS) is 13.0. The van der Waals surface area contributed by atoms with Crippen molar-refractivity contribution < 1.29 is 57.0 Å². The first-order chi connectivity index (χ1) is 32.7. The number of phenols is 1. The van der Waals surface area contributed by atoms with Crippen LogP contribution < -0.4 is 10.1 Å². The number of rotatable bonds is 42. The molecule has 3 N–H and O–H groups in total. The highest BCUT2D eigenvalue weighted by Gasteiger charge is 2.26. The summed E-state index contributed by atoms with van der Waals surface area (Å²) in [6, 6.07) is 3.46. The number of phosphoric ester groups is 1. The molecule has 0 saturated carbocycles. The molecule has 0 aliphatic carbocycles. The van der Waals surface area contributed by atoms with E-state index in [0.29, 0.717) is 31.2 Å². The minimum Gasteiger partial charge on any atom is -0.508 e. The SMILES string of the molecule is CCCCCCCCCCCC(=O)OCC(COP(=O)(O)OCCNC(=O)/C=C\C(=O)Oc1cc(CCCCC)cc(O)c1C/C=C(\C)CCC=C(C)C)OC(=O)CCCCCCCCCCC. The van der Waals surface area contributed by atoms with Crippen LogP contribution in [0, 0.1) is 0 Å². The van der Waals surface area contributed by atoms with Crippen LogP contribution in [0.25, 0.3) is 0 Å². The number of hydrogen-bond acceptors (Lipinski definition) is 11. The second kappa shape index (κ2) is 40.0. The summed E-state index contributed by atoms with van der Waals surface area (Å²) in [7, 11) is -4.70. The van der Waals surface area contributed by atoms with Crippen molar-refractivity contribution in [1.29, 1.82) is 0 Å². The molecule has 2 atom stereocenters. The quantitative estimate of drug-likeness (QED) is 0.0141. The van der Waals surface area contributed by atoms with E-state index in [1.807, 2.05) is 13.0 Å². The van der Waals surface area contributed by atoms with Gasteiger partial charge in [0.1, 0.15) is 18.1 Å². The Kier molecular flexibility index (Phi) is 36.6. The first kappa shape index (κ1) is 62.2. The molecule has 1 aromatic carbocycles. The lowest BCUT2D eigenvalue weighted by Gasteiger charge is -2.20. The average molecular weight is 976 g/mol. The maximum atomic E-state index is 12.9. The van der Waals surface area contributed by atoms with Crippen LogP contribution in [-0.2, 0) is 55.1 Å². The number of allylic oxidation sites excluding steroid dienone is 4. The predicted molar refractivity (Wildman–Crippen MR) is 272 cm³/mol. The van der Waals surface area contributed by atoms with E-state index in [0.717, 1.165) is 93.9 Å². The molecule has 0 fully saturated rings. The Hall–Kier alpha value is -3.77. The van der Waals surface area contributed by atoms with Gasteiger partial charge in [-0.25, -0.2) is 9.36 Å². The molecule has 0 aliphatic rings. The standard InChI is InChI=1S/C54H90NO12P/c1-7-10-13-15-17-19-21-23-26-32-52(58)63-42-47(66-53(59)33-27-24-22-20-18-16-14-11-8-2)43-65-68(61,62)64-39-38-55-51(57)36-37-54(60)67-50-41-46(31-25-12-9-3)40-49(56)48(50)35-34-45(6)30-28-29-44(4)5/h29,34,36-37,40-41,47,56H,7-28,30-33,35,38-39,42-43H2,1-6H3,(H,55,57)(H,61,62)/b37-36-,45-34+. The number of phenolic OH excluding ortho intramolecular Hbond substituents is 1. The lowest BCUT2D eigenvalue weighted by atomic mass is 10.00. The molecule has 0 aromatic heterocycles. The Bertz CT molecular complexity index is 1700. The Morgan fingerprint density at radius 1 is 0.676 bits per heavy atom. The highest BCUT2D eigenvalue weighted by atomic mass is 31.2. The number of amides is 1. The molecule has 0 bridgehead atoms. The van der Waals surface area contributed by atoms with Crippen LogP contribution in [0.4, 0.5) is 0 Å². The summed E-state index contributed by atoms with van der Waals surface area (Å²) in [4.78, 5) is 61.2. The molecule has 0 spiro atoms. The minimum atomic E-state index is -4.70. The van der Waals surface area contributed by atoms with E-state index < -0.39 is 51.0 Å². The Morgan fingerprint density at radius 3 is 1.82 bits per heavy atom.